The van der Waals surface area contributed by atoms with Crippen LogP contribution in [-0.4, -0.2) is 46.8 Å². The van der Waals surface area contributed by atoms with Crippen LogP contribution in [0.25, 0.3) is 0 Å². The number of halogens is 1. The molecule has 2 aliphatic heterocycles. The molecule has 6 heteroatoms. The number of likely N-dealkylation sites (tertiary alicyclic amines) is 1. The zero-order valence-electron chi connectivity index (χ0n) is 15.7. The molecule has 0 radical (unpaired) electrons. The zero-order valence-corrected chi connectivity index (χ0v) is 16.4. The smallest absolute Gasteiger partial charge is 0.253 e. The fourth-order valence-electron chi connectivity index (χ4n) is 4.21. The van der Waals surface area contributed by atoms with Crippen LogP contribution >= 0.6 is 11.6 Å². The highest BCUT2D eigenvalue weighted by molar-refractivity contribution is 6.33. The second kappa shape index (κ2) is 8.34. The molecule has 2 saturated heterocycles. The minimum absolute atomic E-state index is 0.107. The molecule has 2 aliphatic rings. The molecule has 5 nitrogen and oxygen atoms in total. The van der Waals surface area contributed by atoms with Gasteiger partial charge in [0.15, 0.2) is 0 Å². The van der Waals surface area contributed by atoms with Crippen LogP contribution in [0.15, 0.2) is 36.7 Å². The minimum atomic E-state index is 0.107. The lowest BCUT2D eigenvalue weighted by Crippen LogP contribution is -2.38. The molecular formula is C21H27ClN4O. The summed E-state index contributed by atoms with van der Waals surface area (Å²) in [6.07, 6.45) is 9.51. The summed E-state index contributed by atoms with van der Waals surface area (Å²) >= 11 is 6.49. The molecular weight excluding hydrogens is 360 g/mol. The maximum Gasteiger partial charge on any atom is 0.253 e. The molecule has 2 fully saturated rings. The number of amides is 1. The molecule has 1 aromatic heterocycles. The predicted molar refractivity (Wildman–Crippen MR) is 108 cm³/mol. The van der Waals surface area contributed by atoms with Crippen molar-refractivity contribution in [1.29, 1.82) is 0 Å². The Morgan fingerprint density at radius 2 is 1.93 bits per heavy atom. The molecule has 0 atom stereocenters. The first-order chi connectivity index (χ1) is 13.2. The molecule has 0 bridgehead atoms. The lowest BCUT2D eigenvalue weighted by Gasteiger charge is -2.32. The van der Waals surface area contributed by atoms with E-state index in [9.17, 15) is 4.79 Å². The van der Waals surface area contributed by atoms with Crippen molar-refractivity contribution in [2.24, 2.45) is 5.92 Å². The van der Waals surface area contributed by atoms with Crippen LogP contribution < -0.4 is 4.90 Å². The Bertz CT molecular complexity index is 762. The highest BCUT2D eigenvalue weighted by Crippen LogP contribution is 2.30. The van der Waals surface area contributed by atoms with Crippen LogP contribution in [0.3, 0.4) is 0 Å². The van der Waals surface area contributed by atoms with Gasteiger partial charge in [-0.15, -0.1) is 0 Å². The van der Waals surface area contributed by atoms with Gasteiger partial charge in [-0.2, -0.15) is 5.10 Å². The Morgan fingerprint density at radius 3 is 2.59 bits per heavy atom. The van der Waals surface area contributed by atoms with Crippen LogP contribution in [0, 0.1) is 5.92 Å². The van der Waals surface area contributed by atoms with Gasteiger partial charge in [0.2, 0.25) is 0 Å². The highest BCUT2D eigenvalue weighted by Gasteiger charge is 2.24. The third-order valence-corrected chi connectivity index (χ3v) is 6.17. The number of anilines is 1. The van der Waals surface area contributed by atoms with Gasteiger partial charge in [-0.3, -0.25) is 9.48 Å². The monoisotopic (exact) mass is 386 g/mol. The summed E-state index contributed by atoms with van der Waals surface area (Å²) < 4.78 is 1.99. The fraction of sp³-hybridized carbons (Fsp3) is 0.524. The van der Waals surface area contributed by atoms with Gasteiger partial charge >= 0.3 is 0 Å². The molecule has 144 valence electrons. The number of benzene rings is 1. The van der Waals surface area contributed by atoms with E-state index in [1.54, 1.807) is 0 Å². The molecule has 0 saturated carbocycles. The van der Waals surface area contributed by atoms with E-state index >= 15 is 0 Å². The average Bonchev–Trinajstić information content (AvgIpc) is 3.40. The van der Waals surface area contributed by atoms with E-state index in [0.717, 1.165) is 57.7 Å². The Hall–Kier alpha value is -2.01. The Labute approximate surface area is 165 Å². The summed E-state index contributed by atoms with van der Waals surface area (Å²) in [7, 11) is 0. The Morgan fingerprint density at radius 1 is 1.15 bits per heavy atom. The predicted octanol–water partition coefficient (Wildman–Crippen LogP) is 4.08. The van der Waals surface area contributed by atoms with E-state index in [4.69, 9.17) is 11.6 Å². The number of aromatic nitrogens is 2. The van der Waals surface area contributed by atoms with E-state index in [2.05, 4.69) is 10.00 Å². The van der Waals surface area contributed by atoms with Gasteiger partial charge in [0.05, 0.1) is 10.7 Å². The van der Waals surface area contributed by atoms with Crippen LogP contribution in [0.2, 0.25) is 5.02 Å². The number of carbonyl (C=O) groups excluding carboxylic acids is 1. The van der Waals surface area contributed by atoms with Gasteiger partial charge in [-0.1, -0.05) is 11.6 Å². The van der Waals surface area contributed by atoms with Crippen LogP contribution in [0.1, 0.15) is 42.5 Å². The first-order valence-corrected chi connectivity index (χ1v) is 10.4. The molecule has 27 heavy (non-hydrogen) atoms. The van der Waals surface area contributed by atoms with E-state index < -0.39 is 0 Å². The van der Waals surface area contributed by atoms with E-state index in [1.807, 2.05) is 46.2 Å². The van der Waals surface area contributed by atoms with E-state index in [1.165, 1.54) is 12.8 Å². The van der Waals surface area contributed by atoms with Crippen molar-refractivity contribution in [3.05, 3.63) is 47.2 Å². The third kappa shape index (κ3) is 4.29. The largest absolute Gasteiger partial charge is 0.370 e. The first kappa shape index (κ1) is 18.4. The normalized spacial score (nSPS) is 18.3. The van der Waals surface area contributed by atoms with Crippen molar-refractivity contribution in [2.75, 3.05) is 31.1 Å². The second-order valence-electron chi connectivity index (χ2n) is 7.65. The van der Waals surface area contributed by atoms with Gasteiger partial charge in [0.1, 0.15) is 0 Å². The summed E-state index contributed by atoms with van der Waals surface area (Å²) in [6, 6.07) is 7.76. The number of hydrogen-bond donors (Lipinski definition) is 0. The average molecular weight is 387 g/mol. The number of nitrogens with zero attached hydrogens (tertiary/aromatic N) is 4. The molecule has 0 unspecified atom stereocenters. The Balaban J connectivity index is 1.31. The summed E-state index contributed by atoms with van der Waals surface area (Å²) in [5, 5.41) is 4.96. The Kier molecular flexibility index (Phi) is 5.67. The van der Waals surface area contributed by atoms with Gasteiger partial charge in [0.25, 0.3) is 5.91 Å². The first-order valence-electron chi connectivity index (χ1n) is 10.0. The number of aryl methyl sites for hydroxylation is 1. The fourth-order valence-corrected chi connectivity index (χ4v) is 4.51. The van der Waals surface area contributed by atoms with E-state index in [0.29, 0.717) is 16.5 Å². The third-order valence-electron chi connectivity index (χ3n) is 5.87. The molecule has 4 rings (SSSR count). The zero-order chi connectivity index (χ0) is 18.6. The van der Waals surface area contributed by atoms with Crippen molar-refractivity contribution < 1.29 is 4.79 Å². The maximum absolute atomic E-state index is 12.9. The molecule has 3 heterocycles. The molecule has 2 aromatic rings. The number of rotatable bonds is 5. The summed E-state index contributed by atoms with van der Waals surface area (Å²) in [5.41, 5.74) is 1.76. The summed E-state index contributed by atoms with van der Waals surface area (Å²) in [4.78, 5) is 17.2. The molecule has 0 N–H and O–H groups in total. The lowest BCUT2D eigenvalue weighted by atomic mass is 9.93. The van der Waals surface area contributed by atoms with Crippen molar-refractivity contribution in [3.63, 3.8) is 0 Å². The van der Waals surface area contributed by atoms with Crippen LogP contribution in [-0.2, 0) is 6.54 Å². The quantitative estimate of drug-likeness (QED) is 0.777. The molecule has 0 spiro atoms. The second-order valence-corrected chi connectivity index (χ2v) is 8.06. The van der Waals surface area contributed by atoms with Gasteiger partial charge in [-0.25, -0.2) is 0 Å². The van der Waals surface area contributed by atoms with Crippen molar-refractivity contribution in [3.8, 4) is 0 Å². The standard InChI is InChI=1S/C21H27ClN4O/c22-19-16-18(4-5-20(19)24-10-1-2-11-24)21(27)25-13-6-17(7-14-25)8-15-26-12-3-9-23-26/h3-5,9,12,16-17H,1-2,6-8,10-11,13-15H2. The minimum Gasteiger partial charge on any atom is -0.370 e. The number of hydrogen-bond acceptors (Lipinski definition) is 3. The number of carbonyl (C=O) groups is 1. The van der Waals surface area contributed by atoms with Gasteiger partial charge in [-0.05, 0) is 62.3 Å². The molecule has 1 amide bonds. The van der Waals surface area contributed by atoms with Crippen LogP contribution in [0.4, 0.5) is 5.69 Å². The van der Waals surface area contributed by atoms with Gasteiger partial charge in [0, 0.05) is 50.7 Å². The summed E-state index contributed by atoms with van der Waals surface area (Å²) in [6.45, 7) is 4.72. The lowest BCUT2D eigenvalue weighted by molar-refractivity contribution is 0.0684. The van der Waals surface area contributed by atoms with E-state index in [-0.39, 0.29) is 5.91 Å². The van der Waals surface area contributed by atoms with Crippen molar-refractivity contribution in [1.82, 2.24) is 14.7 Å². The van der Waals surface area contributed by atoms with Gasteiger partial charge < -0.3 is 9.80 Å². The van der Waals surface area contributed by atoms with Crippen molar-refractivity contribution >= 4 is 23.2 Å². The molecule has 0 aliphatic carbocycles. The SMILES string of the molecule is O=C(c1ccc(N2CCCC2)c(Cl)c1)N1CCC(CCn2cccn2)CC1. The maximum atomic E-state index is 12.9. The molecule has 1 aromatic carbocycles. The highest BCUT2D eigenvalue weighted by atomic mass is 35.5. The summed E-state index contributed by atoms with van der Waals surface area (Å²) in [5.74, 6) is 0.773. The van der Waals surface area contributed by atoms with Crippen molar-refractivity contribution in [2.45, 2.75) is 38.6 Å². The number of piperidine rings is 1. The van der Waals surface area contributed by atoms with Crippen LogP contribution in [0.5, 0.6) is 0 Å². The topological polar surface area (TPSA) is 41.4 Å².